The molecule has 0 heterocycles. The predicted octanol–water partition coefficient (Wildman–Crippen LogP) is 4.17. The Bertz CT molecular complexity index is 711. The van der Waals surface area contributed by atoms with E-state index in [1.807, 2.05) is 0 Å². The van der Waals surface area contributed by atoms with Gasteiger partial charge in [-0.25, -0.2) is 4.39 Å². The minimum Gasteiger partial charge on any atom is -0.331 e. The minimum absolute atomic E-state index is 0.0670. The number of alkyl halides is 3. The van der Waals surface area contributed by atoms with Crippen molar-refractivity contribution < 1.29 is 17.6 Å². The fraction of sp³-hybridized carbons (Fsp3) is 0.0667. The number of halogens is 4. The highest BCUT2D eigenvalue weighted by Crippen LogP contribution is 2.30. The number of benzene rings is 2. The Balaban J connectivity index is 1.99. The molecule has 0 saturated carbocycles. The fourth-order valence-corrected chi connectivity index (χ4v) is 1.89. The van der Waals surface area contributed by atoms with Gasteiger partial charge in [-0.3, -0.25) is 5.43 Å². The molecular weight excluding hydrogens is 330 g/mol. The van der Waals surface area contributed by atoms with E-state index < -0.39 is 17.6 Å². The summed E-state index contributed by atoms with van der Waals surface area (Å²) in [4.78, 5) is 0. The van der Waals surface area contributed by atoms with Crippen LogP contribution in [0.5, 0.6) is 0 Å². The molecule has 0 spiro atoms. The summed E-state index contributed by atoms with van der Waals surface area (Å²) in [5, 5.41) is 6.46. The van der Waals surface area contributed by atoms with Gasteiger partial charge in [-0.1, -0.05) is 18.2 Å². The summed E-state index contributed by atoms with van der Waals surface area (Å²) in [6.07, 6.45) is -3.43. The molecule has 2 rings (SSSR count). The second kappa shape index (κ2) is 7.19. The smallest absolute Gasteiger partial charge is 0.331 e. The average Bonchev–Trinajstić information content (AvgIpc) is 2.49. The van der Waals surface area contributed by atoms with E-state index in [4.69, 9.17) is 12.2 Å². The Labute approximate surface area is 135 Å². The van der Waals surface area contributed by atoms with Gasteiger partial charge in [0, 0.05) is 11.3 Å². The van der Waals surface area contributed by atoms with Gasteiger partial charge in [-0.15, -0.1) is 0 Å². The maximum atomic E-state index is 12.8. The van der Waals surface area contributed by atoms with Crippen LogP contribution in [0.1, 0.15) is 11.1 Å². The van der Waals surface area contributed by atoms with E-state index in [1.165, 1.54) is 42.5 Å². The zero-order valence-corrected chi connectivity index (χ0v) is 12.4. The molecule has 0 aliphatic rings. The van der Waals surface area contributed by atoms with Crippen LogP contribution in [-0.4, -0.2) is 11.3 Å². The van der Waals surface area contributed by atoms with Gasteiger partial charge in [0.25, 0.3) is 0 Å². The summed E-state index contributed by atoms with van der Waals surface area (Å²) in [5.74, 6) is -0.392. The highest BCUT2D eigenvalue weighted by Gasteiger charge is 2.32. The molecule has 0 aromatic heterocycles. The van der Waals surface area contributed by atoms with Crippen LogP contribution < -0.4 is 10.7 Å². The lowest BCUT2D eigenvalue weighted by Gasteiger charge is -2.09. The number of thiocarbonyl (C=S) groups is 1. The molecule has 23 heavy (non-hydrogen) atoms. The quantitative estimate of drug-likeness (QED) is 0.381. The van der Waals surface area contributed by atoms with Crippen LogP contribution in [0.2, 0.25) is 0 Å². The van der Waals surface area contributed by atoms with Crippen LogP contribution in [0, 0.1) is 5.82 Å². The predicted molar refractivity (Wildman–Crippen MR) is 84.8 cm³/mol. The highest BCUT2D eigenvalue weighted by molar-refractivity contribution is 7.80. The van der Waals surface area contributed by atoms with Crippen molar-refractivity contribution in [3.8, 4) is 0 Å². The van der Waals surface area contributed by atoms with Crippen molar-refractivity contribution in [1.82, 2.24) is 5.43 Å². The normalized spacial score (nSPS) is 11.5. The summed E-state index contributed by atoms with van der Waals surface area (Å²) < 4.78 is 51.2. The fourth-order valence-electron chi connectivity index (χ4n) is 1.72. The largest absolute Gasteiger partial charge is 0.417 e. The monoisotopic (exact) mass is 341 g/mol. The Morgan fingerprint density at radius 3 is 2.35 bits per heavy atom. The number of nitrogens with one attached hydrogen (secondary N) is 2. The molecule has 0 fully saturated rings. The molecule has 120 valence electrons. The molecule has 3 nitrogen and oxygen atoms in total. The maximum absolute atomic E-state index is 12.8. The van der Waals surface area contributed by atoms with Crippen LogP contribution in [0.4, 0.5) is 23.2 Å². The average molecular weight is 341 g/mol. The first kappa shape index (κ1) is 16.9. The molecule has 0 radical (unpaired) electrons. The van der Waals surface area contributed by atoms with Crippen molar-refractivity contribution >= 4 is 29.2 Å². The molecule has 0 unspecified atom stereocenters. The van der Waals surface area contributed by atoms with Gasteiger partial charge < -0.3 is 5.32 Å². The molecule has 0 amide bonds. The Kier molecular flexibility index (Phi) is 5.28. The molecule has 0 aliphatic carbocycles. The Morgan fingerprint density at radius 2 is 1.70 bits per heavy atom. The van der Waals surface area contributed by atoms with E-state index >= 15 is 0 Å². The molecule has 2 aromatic rings. The first-order chi connectivity index (χ1) is 10.9. The van der Waals surface area contributed by atoms with Crippen LogP contribution in [0.25, 0.3) is 0 Å². The standard InChI is InChI=1S/C15H11F4N3S/c16-11-5-7-12(8-6-11)21-14(23)22-20-9-10-3-1-2-4-13(10)15(17,18)19/h1-9H,(H2,21,22,23)/b20-9-. The van der Waals surface area contributed by atoms with Crippen LogP contribution in [0.15, 0.2) is 53.6 Å². The topological polar surface area (TPSA) is 36.4 Å². The number of hydrazone groups is 1. The molecule has 0 aliphatic heterocycles. The number of hydrogen-bond donors (Lipinski definition) is 2. The van der Waals surface area contributed by atoms with E-state index in [9.17, 15) is 17.6 Å². The van der Waals surface area contributed by atoms with Gasteiger partial charge in [0.2, 0.25) is 0 Å². The second-order valence-corrected chi connectivity index (χ2v) is 4.82. The molecular formula is C15H11F4N3S. The van der Waals surface area contributed by atoms with E-state index in [2.05, 4.69) is 15.8 Å². The number of hydrogen-bond acceptors (Lipinski definition) is 2. The van der Waals surface area contributed by atoms with Crippen molar-refractivity contribution in [3.63, 3.8) is 0 Å². The summed E-state index contributed by atoms with van der Waals surface area (Å²) in [7, 11) is 0. The second-order valence-electron chi connectivity index (χ2n) is 4.42. The first-order valence-electron chi connectivity index (χ1n) is 6.38. The van der Waals surface area contributed by atoms with Crippen molar-refractivity contribution in [3.05, 3.63) is 65.5 Å². The Morgan fingerprint density at radius 1 is 1.04 bits per heavy atom. The number of nitrogens with zero attached hydrogens (tertiary/aromatic N) is 1. The molecule has 8 heteroatoms. The van der Waals surface area contributed by atoms with E-state index in [0.717, 1.165) is 12.3 Å². The lowest BCUT2D eigenvalue weighted by molar-refractivity contribution is -0.137. The van der Waals surface area contributed by atoms with E-state index in [1.54, 1.807) is 0 Å². The molecule has 0 atom stereocenters. The van der Waals surface area contributed by atoms with Gasteiger partial charge in [0.1, 0.15) is 5.82 Å². The van der Waals surface area contributed by atoms with E-state index in [-0.39, 0.29) is 10.7 Å². The molecule has 2 aromatic carbocycles. The summed E-state index contributed by atoms with van der Waals surface area (Å²) >= 11 is 4.94. The maximum Gasteiger partial charge on any atom is 0.417 e. The summed E-state index contributed by atoms with van der Waals surface area (Å²) in [5.41, 5.74) is 2.05. The zero-order chi connectivity index (χ0) is 16.9. The molecule has 2 N–H and O–H groups in total. The van der Waals surface area contributed by atoms with Crippen molar-refractivity contribution in [2.75, 3.05) is 5.32 Å². The third-order valence-electron chi connectivity index (χ3n) is 2.74. The summed E-state index contributed by atoms with van der Waals surface area (Å²) in [6, 6.07) is 10.5. The van der Waals surface area contributed by atoms with Gasteiger partial charge in [0.05, 0.1) is 11.8 Å². The summed E-state index contributed by atoms with van der Waals surface area (Å²) in [6.45, 7) is 0. The molecule has 0 bridgehead atoms. The zero-order valence-electron chi connectivity index (χ0n) is 11.6. The number of anilines is 1. The lowest BCUT2D eigenvalue weighted by Crippen LogP contribution is -2.24. The Hall–Kier alpha value is -2.48. The van der Waals surface area contributed by atoms with E-state index in [0.29, 0.717) is 5.69 Å². The highest BCUT2D eigenvalue weighted by atomic mass is 32.1. The third-order valence-corrected chi connectivity index (χ3v) is 2.93. The van der Waals surface area contributed by atoms with Crippen LogP contribution in [-0.2, 0) is 6.18 Å². The van der Waals surface area contributed by atoms with Crippen molar-refractivity contribution in [2.45, 2.75) is 6.18 Å². The lowest BCUT2D eigenvalue weighted by atomic mass is 10.1. The van der Waals surface area contributed by atoms with Crippen molar-refractivity contribution in [1.29, 1.82) is 0 Å². The van der Waals surface area contributed by atoms with Crippen molar-refractivity contribution in [2.24, 2.45) is 5.10 Å². The third kappa shape index (κ3) is 5.03. The first-order valence-corrected chi connectivity index (χ1v) is 6.79. The van der Waals surface area contributed by atoms with Gasteiger partial charge >= 0.3 is 6.18 Å². The SMILES string of the molecule is Fc1ccc(NC(=S)N/N=C\c2ccccc2C(F)(F)F)cc1. The number of rotatable bonds is 3. The molecule has 0 saturated heterocycles. The minimum atomic E-state index is -4.46. The van der Waals surface area contributed by atoms with Gasteiger partial charge in [-0.05, 0) is 42.5 Å². The van der Waals surface area contributed by atoms with Crippen LogP contribution >= 0.6 is 12.2 Å². The van der Waals surface area contributed by atoms with Gasteiger partial charge in [-0.2, -0.15) is 18.3 Å². The van der Waals surface area contributed by atoms with Crippen LogP contribution in [0.3, 0.4) is 0 Å². The van der Waals surface area contributed by atoms with Gasteiger partial charge in [0.15, 0.2) is 5.11 Å².